The first kappa shape index (κ1) is 12.2. The van der Waals surface area contributed by atoms with Crippen LogP contribution in [0.3, 0.4) is 0 Å². The van der Waals surface area contributed by atoms with E-state index in [9.17, 15) is 4.39 Å². The summed E-state index contributed by atoms with van der Waals surface area (Å²) in [7, 11) is 1.59. The molecule has 0 saturated carbocycles. The molecule has 98 valence electrons. The summed E-state index contributed by atoms with van der Waals surface area (Å²) in [6.45, 7) is 0. The Morgan fingerprint density at radius 1 is 1.11 bits per heavy atom. The molecular weight excluding hydrogens is 241 g/mol. The second-order valence-corrected chi connectivity index (χ2v) is 5.12. The van der Waals surface area contributed by atoms with Crippen molar-refractivity contribution >= 4 is 0 Å². The summed E-state index contributed by atoms with van der Waals surface area (Å²) >= 11 is 0. The molecule has 1 aliphatic carbocycles. The molecule has 0 atom stereocenters. The number of halogens is 1. The van der Waals surface area contributed by atoms with E-state index in [-0.39, 0.29) is 5.82 Å². The van der Waals surface area contributed by atoms with Crippen molar-refractivity contribution in [1.82, 2.24) is 0 Å². The second-order valence-electron chi connectivity index (χ2n) is 5.12. The van der Waals surface area contributed by atoms with Gasteiger partial charge in [-0.05, 0) is 42.2 Å². The van der Waals surface area contributed by atoms with Crippen LogP contribution in [0.2, 0.25) is 0 Å². The standard InChI is InChI=1S/C16H16FNO/c1-19-15-7-6-13(17)8-14(15)16(18)9-11-4-2-3-5-12(11)10-16/h2-8H,9-10,18H2,1H3. The fourth-order valence-electron chi connectivity index (χ4n) is 2.90. The Balaban J connectivity index is 2.06. The molecule has 0 bridgehead atoms. The Hall–Kier alpha value is -1.87. The van der Waals surface area contributed by atoms with E-state index in [2.05, 4.69) is 12.1 Å². The van der Waals surface area contributed by atoms with Crippen molar-refractivity contribution in [2.75, 3.05) is 7.11 Å². The maximum absolute atomic E-state index is 13.5. The number of fused-ring (bicyclic) bond motifs is 1. The maximum atomic E-state index is 13.5. The molecule has 2 N–H and O–H groups in total. The number of benzene rings is 2. The van der Waals surface area contributed by atoms with Gasteiger partial charge in [-0.2, -0.15) is 0 Å². The number of hydrogen-bond donors (Lipinski definition) is 1. The van der Waals surface area contributed by atoms with Gasteiger partial charge in [0, 0.05) is 5.56 Å². The van der Waals surface area contributed by atoms with Crippen molar-refractivity contribution in [2.24, 2.45) is 5.73 Å². The molecule has 19 heavy (non-hydrogen) atoms. The quantitative estimate of drug-likeness (QED) is 0.898. The fourth-order valence-corrected chi connectivity index (χ4v) is 2.90. The van der Waals surface area contributed by atoms with Crippen LogP contribution in [0.15, 0.2) is 42.5 Å². The van der Waals surface area contributed by atoms with Crippen molar-refractivity contribution in [3.63, 3.8) is 0 Å². The van der Waals surface area contributed by atoms with E-state index in [1.807, 2.05) is 12.1 Å². The van der Waals surface area contributed by atoms with E-state index in [0.717, 1.165) is 5.56 Å². The van der Waals surface area contributed by atoms with Gasteiger partial charge in [-0.25, -0.2) is 4.39 Å². The van der Waals surface area contributed by atoms with Crippen LogP contribution in [0.1, 0.15) is 16.7 Å². The maximum Gasteiger partial charge on any atom is 0.124 e. The molecule has 3 rings (SSSR count). The highest BCUT2D eigenvalue weighted by atomic mass is 19.1. The third kappa shape index (κ3) is 2.00. The van der Waals surface area contributed by atoms with E-state index >= 15 is 0 Å². The molecule has 0 saturated heterocycles. The van der Waals surface area contributed by atoms with Gasteiger partial charge in [0.1, 0.15) is 11.6 Å². The van der Waals surface area contributed by atoms with E-state index in [1.165, 1.54) is 23.3 Å². The molecule has 0 spiro atoms. The molecule has 3 heteroatoms. The molecule has 0 amide bonds. The van der Waals surface area contributed by atoms with Gasteiger partial charge in [-0.15, -0.1) is 0 Å². The van der Waals surface area contributed by atoms with Gasteiger partial charge in [0.2, 0.25) is 0 Å². The first-order chi connectivity index (χ1) is 9.12. The largest absolute Gasteiger partial charge is 0.496 e. The average molecular weight is 257 g/mol. The normalized spacial score (nSPS) is 16.2. The molecule has 0 unspecified atom stereocenters. The molecule has 0 fully saturated rings. The summed E-state index contributed by atoms with van der Waals surface area (Å²) in [5, 5.41) is 0. The monoisotopic (exact) mass is 257 g/mol. The fraction of sp³-hybridized carbons (Fsp3) is 0.250. The van der Waals surface area contributed by atoms with Crippen LogP contribution in [0, 0.1) is 5.82 Å². The molecular formula is C16H16FNO. The van der Waals surface area contributed by atoms with E-state index in [0.29, 0.717) is 18.6 Å². The van der Waals surface area contributed by atoms with Crippen LogP contribution in [-0.4, -0.2) is 7.11 Å². The van der Waals surface area contributed by atoms with Crippen LogP contribution in [-0.2, 0) is 18.4 Å². The summed E-state index contributed by atoms with van der Waals surface area (Å²) < 4.78 is 18.9. The predicted octanol–water partition coefficient (Wildman–Crippen LogP) is 2.79. The Kier molecular flexibility index (Phi) is 2.79. The van der Waals surface area contributed by atoms with Crippen molar-refractivity contribution in [3.05, 3.63) is 65.0 Å². The second kappa shape index (κ2) is 4.35. The van der Waals surface area contributed by atoms with Gasteiger partial charge in [0.25, 0.3) is 0 Å². The zero-order valence-electron chi connectivity index (χ0n) is 10.8. The lowest BCUT2D eigenvalue weighted by atomic mass is 9.87. The lowest BCUT2D eigenvalue weighted by Gasteiger charge is -2.26. The minimum Gasteiger partial charge on any atom is -0.496 e. The van der Waals surface area contributed by atoms with Crippen LogP contribution in [0.25, 0.3) is 0 Å². The van der Waals surface area contributed by atoms with Crippen LogP contribution in [0.5, 0.6) is 5.75 Å². The summed E-state index contributed by atoms with van der Waals surface area (Å²) in [6.07, 6.45) is 1.42. The third-order valence-corrected chi connectivity index (χ3v) is 3.83. The Morgan fingerprint density at radius 2 is 1.74 bits per heavy atom. The highest BCUT2D eigenvalue weighted by Gasteiger charge is 2.37. The molecule has 2 nitrogen and oxygen atoms in total. The zero-order valence-corrected chi connectivity index (χ0v) is 10.8. The van der Waals surface area contributed by atoms with Crippen LogP contribution < -0.4 is 10.5 Å². The van der Waals surface area contributed by atoms with Crippen LogP contribution in [0.4, 0.5) is 4.39 Å². The molecule has 0 aromatic heterocycles. The van der Waals surface area contributed by atoms with Gasteiger partial charge in [0.05, 0.1) is 12.6 Å². The van der Waals surface area contributed by atoms with Crippen molar-refractivity contribution < 1.29 is 9.13 Å². The minimum atomic E-state index is -0.586. The Morgan fingerprint density at radius 3 is 2.32 bits per heavy atom. The topological polar surface area (TPSA) is 35.2 Å². The number of methoxy groups -OCH3 is 1. The molecule has 0 heterocycles. The van der Waals surface area contributed by atoms with Crippen molar-refractivity contribution in [3.8, 4) is 5.75 Å². The molecule has 2 aromatic carbocycles. The van der Waals surface area contributed by atoms with Gasteiger partial charge >= 0.3 is 0 Å². The summed E-state index contributed by atoms with van der Waals surface area (Å²) in [5.41, 5.74) is 9.15. The highest BCUT2D eigenvalue weighted by molar-refractivity contribution is 5.46. The van der Waals surface area contributed by atoms with Gasteiger partial charge in [0.15, 0.2) is 0 Å². The minimum absolute atomic E-state index is 0.281. The lowest BCUT2D eigenvalue weighted by molar-refractivity contribution is 0.380. The molecule has 2 aromatic rings. The van der Waals surface area contributed by atoms with E-state index in [1.54, 1.807) is 13.2 Å². The van der Waals surface area contributed by atoms with Crippen molar-refractivity contribution in [2.45, 2.75) is 18.4 Å². The Labute approximate surface area is 112 Å². The number of ether oxygens (including phenoxy) is 1. The zero-order chi connectivity index (χ0) is 13.5. The number of rotatable bonds is 2. The van der Waals surface area contributed by atoms with Gasteiger partial charge in [-0.3, -0.25) is 0 Å². The third-order valence-electron chi connectivity index (χ3n) is 3.83. The van der Waals surface area contributed by atoms with E-state index in [4.69, 9.17) is 10.5 Å². The first-order valence-electron chi connectivity index (χ1n) is 6.32. The number of nitrogens with two attached hydrogens (primary N) is 1. The summed E-state index contributed by atoms with van der Waals surface area (Å²) in [5.74, 6) is 0.369. The highest BCUT2D eigenvalue weighted by Crippen LogP contribution is 2.39. The van der Waals surface area contributed by atoms with Crippen molar-refractivity contribution in [1.29, 1.82) is 0 Å². The molecule has 0 radical (unpaired) electrons. The average Bonchev–Trinajstić information content (AvgIpc) is 2.76. The van der Waals surface area contributed by atoms with Gasteiger partial charge in [-0.1, -0.05) is 24.3 Å². The van der Waals surface area contributed by atoms with E-state index < -0.39 is 5.54 Å². The Bertz CT molecular complexity index is 599. The van der Waals surface area contributed by atoms with Gasteiger partial charge < -0.3 is 10.5 Å². The molecule has 1 aliphatic rings. The predicted molar refractivity (Wildman–Crippen MR) is 72.7 cm³/mol. The smallest absolute Gasteiger partial charge is 0.124 e. The molecule has 0 aliphatic heterocycles. The summed E-state index contributed by atoms with van der Waals surface area (Å²) in [4.78, 5) is 0. The SMILES string of the molecule is COc1ccc(F)cc1C1(N)Cc2ccccc2C1. The van der Waals surface area contributed by atoms with Crippen LogP contribution >= 0.6 is 0 Å². The lowest BCUT2D eigenvalue weighted by Crippen LogP contribution is -2.38. The summed E-state index contributed by atoms with van der Waals surface area (Å²) in [6, 6.07) is 12.7. The first-order valence-corrected chi connectivity index (χ1v) is 6.32. The number of hydrogen-bond acceptors (Lipinski definition) is 2.